The van der Waals surface area contributed by atoms with Gasteiger partial charge in [-0.15, -0.1) is 0 Å². The monoisotopic (exact) mass is 485 g/mol. The van der Waals surface area contributed by atoms with Gasteiger partial charge in [0.15, 0.2) is 5.82 Å². The van der Waals surface area contributed by atoms with Crippen LogP contribution in [-0.4, -0.2) is 30.2 Å². The maximum absolute atomic E-state index is 15.5. The minimum Gasteiger partial charge on any atom is -0.467 e. The normalized spacial score (nSPS) is 14.5. The van der Waals surface area contributed by atoms with Gasteiger partial charge < -0.3 is 9.64 Å². The fourth-order valence-corrected chi connectivity index (χ4v) is 3.95. The zero-order chi connectivity index (χ0) is 25.6. The third-order valence-corrected chi connectivity index (χ3v) is 6.12. The summed E-state index contributed by atoms with van der Waals surface area (Å²) in [5.74, 6) is -0.363. The Morgan fingerprint density at radius 2 is 1.79 bits per heavy atom. The Balaban J connectivity index is 2.79. The van der Waals surface area contributed by atoms with Crippen molar-refractivity contribution < 1.29 is 26.7 Å². The maximum Gasteiger partial charge on any atom is 0.417 e. The summed E-state index contributed by atoms with van der Waals surface area (Å²) in [4.78, 5) is 10.1. The molecular weight excluding hydrogens is 453 g/mol. The van der Waals surface area contributed by atoms with Crippen molar-refractivity contribution in [3.05, 3.63) is 41.5 Å². The Hall–Kier alpha value is -2.71. The van der Waals surface area contributed by atoms with Crippen LogP contribution in [0.2, 0.25) is 0 Å². The van der Waals surface area contributed by atoms with Crippen molar-refractivity contribution >= 4 is 22.8 Å². The van der Waals surface area contributed by atoms with E-state index in [0.29, 0.717) is 5.92 Å². The van der Waals surface area contributed by atoms with Crippen LogP contribution in [0.3, 0.4) is 0 Å². The number of anilines is 1. The van der Waals surface area contributed by atoms with Gasteiger partial charge in [-0.1, -0.05) is 46.3 Å². The van der Waals surface area contributed by atoms with E-state index in [9.17, 15) is 17.6 Å². The van der Waals surface area contributed by atoms with Crippen molar-refractivity contribution in [3.63, 3.8) is 0 Å². The highest BCUT2D eigenvalue weighted by atomic mass is 19.4. The fraction of sp³-hybridized carbons (Fsp3) is 0.520. The van der Waals surface area contributed by atoms with Crippen LogP contribution in [0.15, 0.2) is 24.5 Å². The lowest BCUT2D eigenvalue weighted by atomic mass is 9.92. The number of methoxy groups -OCH3 is 1. The lowest BCUT2D eigenvalue weighted by molar-refractivity contribution is -0.137. The summed E-state index contributed by atoms with van der Waals surface area (Å²) in [7, 11) is 3.05. The van der Waals surface area contributed by atoms with Gasteiger partial charge in [-0.05, 0) is 36.8 Å². The third kappa shape index (κ3) is 6.24. The molecule has 2 atom stereocenters. The molecule has 0 fully saturated rings. The molecule has 0 bridgehead atoms. The van der Waals surface area contributed by atoms with Crippen LogP contribution in [0.1, 0.15) is 58.1 Å². The highest BCUT2D eigenvalue weighted by Gasteiger charge is 2.36. The highest BCUT2D eigenvalue weighted by molar-refractivity contribution is 5.93. The summed E-state index contributed by atoms with van der Waals surface area (Å²) in [5, 5.41) is -0.0690. The number of hydrogen-bond donors (Lipinski definition) is 0. The molecule has 0 amide bonds. The van der Waals surface area contributed by atoms with Crippen LogP contribution < -0.4 is 9.64 Å². The standard InChI is InChI=1S/C25H32F5N3O/c1-7-16(4)11-12-20(15(2)3)33(5)23-18-14-19(25(28,29)30)17(10-8-9-13-26)21(27)22(18)31-24(32-23)34-6/h8-10,13-16,20H,7,11-12H2,1-6H3/b10-8+,13-9+. The molecule has 0 spiro atoms. The van der Waals surface area contributed by atoms with Crippen LogP contribution in [0.4, 0.5) is 27.8 Å². The molecule has 2 aromatic rings. The van der Waals surface area contributed by atoms with Gasteiger partial charge in [0.1, 0.15) is 11.3 Å². The molecule has 1 aromatic carbocycles. The number of nitrogens with zero attached hydrogens (tertiary/aromatic N) is 3. The topological polar surface area (TPSA) is 38.2 Å². The van der Waals surface area contributed by atoms with Crippen molar-refractivity contribution in [2.45, 2.75) is 59.2 Å². The Morgan fingerprint density at radius 1 is 1.12 bits per heavy atom. The van der Waals surface area contributed by atoms with Crippen molar-refractivity contribution in [2.24, 2.45) is 11.8 Å². The number of halogens is 5. The van der Waals surface area contributed by atoms with E-state index in [1.54, 1.807) is 11.9 Å². The first-order valence-electron chi connectivity index (χ1n) is 11.3. The Morgan fingerprint density at radius 3 is 2.32 bits per heavy atom. The summed E-state index contributed by atoms with van der Waals surface area (Å²) in [5.41, 5.74) is -2.22. The number of hydrogen-bond acceptors (Lipinski definition) is 4. The molecule has 188 valence electrons. The van der Waals surface area contributed by atoms with Crippen LogP contribution in [0, 0.1) is 17.7 Å². The number of ether oxygens (including phenoxy) is 1. The molecule has 0 saturated heterocycles. The number of rotatable bonds is 10. The maximum atomic E-state index is 15.5. The largest absolute Gasteiger partial charge is 0.467 e. The van der Waals surface area contributed by atoms with Gasteiger partial charge in [-0.3, -0.25) is 0 Å². The molecule has 1 aromatic heterocycles. The molecule has 9 heteroatoms. The van der Waals surface area contributed by atoms with E-state index in [4.69, 9.17) is 4.74 Å². The van der Waals surface area contributed by atoms with Crippen LogP contribution in [0.25, 0.3) is 17.0 Å². The molecule has 4 nitrogen and oxygen atoms in total. The zero-order valence-corrected chi connectivity index (χ0v) is 20.4. The average Bonchev–Trinajstić information content (AvgIpc) is 2.78. The molecule has 0 aliphatic carbocycles. The van der Waals surface area contributed by atoms with Crippen molar-refractivity contribution in [1.82, 2.24) is 9.97 Å². The molecule has 0 radical (unpaired) electrons. The van der Waals surface area contributed by atoms with Crippen LogP contribution in [0.5, 0.6) is 6.01 Å². The lowest BCUT2D eigenvalue weighted by Gasteiger charge is -2.34. The van der Waals surface area contributed by atoms with Gasteiger partial charge in [-0.25, -0.2) is 8.78 Å². The summed E-state index contributed by atoms with van der Waals surface area (Å²) in [6.07, 6.45) is 0.777. The predicted octanol–water partition coefficient (Wildman–Crippen LogP) is 7.58. The minimum absolute atomic E-state index is 0.0523. The second kappa shape index (κ2) is 11.6. The Labute approximate surface area is 197 Å². The third-order valence-electron chi connectivity index (χ3n) is 6.12. The molecule has 0 aliphatic rings. The summed E-state index contributed by atoms with van der Waals surface area (Å²) >= 11 is 0. The predicted molar refractivity (Wildman–Crippen MR) is 126 cm³/mol. The first-order valence-corrected chi connectivity index (χ1v) is 11.3. The van der Waals surface area contributed by atoms with Crippen molar-refractivity contribution in [1.29, 1.82) is 0 Å². The van der Waals surface area contributed by atoms with Crippen molar-refractivity contribution in [2.75, 3.05) is 19.1 Å². The number of allylic oxidation sites excluding steroid dienone is 2. The van der Waals surface area contributed by atoms with E-state index < -0.39 is 23.1 Å². The highest BCUT2D eigenvalue weighted by Crippen LogP contribution is 2.40. The molecule has 1 heterocycles. The Bertz CT molecular complexity index is 1030. The van der Waals surface area contributed by atoms with E-state index in [-0.39, 0.29) is 41.0 Å². The molecule has 2 unspecified atom stereocenters. The SMILES string of the molecule is CCC(C)CCC(C(C)C)N(C)c1nc(OC)nc2c(F)c(/C=C/C=C/F)c(C(F)(F)F)cc12. The summed E-state index contributed by atoms with van der Waals surface area (Å²) in [6, 6.07) is 0.647. The molecule has 2 rings (SSSR count). The molecule has 0 aliphatic heterocycles. The number of aromatic nitrogens is 2. The quantitative estimate of drug-likeness (QED) is 0.257. The van der Waals surface area contributed by atoms with Gasteiger partial charge in [0.2, 0.25) is 0 Å². The van der Waals surface area contributed by atoms with E-state index in [0.717, 1.165) is 43.6 Å². The minimum atomic E-state index is -4.85. The number of fused-ring (bicyclic) bond motifs is 1. The van der Waals surface area contributed by atoms with Gasteiger partial charge in [0.25, 0.3) is 0 Å². The average molecular weight is 486 g/mol. The Kier molecular flexibility index (Phi) is 9.41. The smallest absolute Gasteiger partial charge is 0.417 e. The van der Waals surface area contributed by atoms with Gasteiger partial charge in [0, 0.05) is 24.0 Å². The lowest BCUT2D eigenvalue weighted by Crippen LogP contribution is -2.37. The summed E-state index contributed by atoms with van der Waals surface area (Å²) < 4.78 is 74.6. The fourth-order valence-electron chi connectivity index (χ4n) is 3.95. The van der Waals surface area contributed by atoms with E-state index in [1.165, 1.54) is 7.11 Å². The van der Waals surface area contributed by atoms with Crippen LogP contribution >= 0.6 is 0 Å². The molecule has 0 saturated carbocycles. The number of alkyl halides is 3. The molecule has 0 N–H and O–H groups in total. The van der Waals surface area contributed by atoms with E-state index in [1.807, 2.05) is 13.8 Å². The van der Waals surface area contributed by atoms with Gasteiger partial charge >= 0.3 is 12.2 Å². The van der Waals surface area contributed by atoms with Crippen molar-refractivity contribution in [3.8, 4) is 6.01 Å². The van der Waals surface area contributed by atoms with E-state index >= 15 is 4.39 Å². The van der Waals surface area contributed by atoms with Gasteiger partial charge in [-0.2, -0.15) is 23.1 Å². The molecular formula is C25H32F5N3O. The zero-order valence-electron chi connectivity index (χ0n) is 20.4. The first-order chi connectivity index (χ1) is 16.0. The van der Waals surface area contributed by atoms with Gasteiger partial charge in [0.05, 0.1) is 19.0 Å². The van der Waals surface area contributed by atoms with E-state index in [2.05, 4.69) is 23.8 Å². The van der Waals surface area contributed by atoms with Crippen LogP contribution in [-0.2, 0) is 6.18 Å². The number of benzene rings is 1. The summed E-state index contributed by atoms with van der Waals surface area (Å²) in [6.45, 7) is 8.32. The second-order valence-corrected chi connectivity index (χ2v) is 8.77. The second-order valence-electron chi connectivity index (χ2n) is 8.77. The first kappa shape index (κ1) is 27.5. The molecule has 34 heavy (non-hydrogen) atoms.